The molecule has 0 radical (unpaired) electrons. The minimum Gasteiger partial charge on any atom is -0.462 e. The minimum atomic E-state index is -4.60. The summed E-state index contributed by atoms with van der Waals surface area (Å²) in [5, 5.41) is 30.7. The van der Waals surface area contributed by atoms with Crippen molar-refractivity contribution < 1.29 is 56.8 Å². The Labute approximate surface area is 318 Å². The molecule has 12 nitrogen and oxygen atoms in total. The number of ether oxygens (including phenoxy) is 4. The van der Waals surface area contributed by atoms with Crippen molar-refractivity contribution in [1.29, 1.82) is 0 Å². The number of esters is 2. The average Bonchev–Trinajstić information content (AvgIpc) is 3.12. The summed E-state index contributed by atoms with van der Waals surface area (Å²) >= 11 is 0. The van der Waals surface area contributed by atoms with Gasteiger partial charge < -0.3 is 34.3 Å². The Morgan fingerprint density at radius 2 is 1.19 bits per heavy atom. The van der Waals surface area contributed by atoms with Crippen LogP contribution in [0.5, 0.6) is 0 Å². The first kappa shape index (κ1) is 48.6. The van der Waals surface area contributed by atoms with Gasteiger partial charge in [-0.05, 0) is 32.1 Å². The molecule has 1 aliphatic rings. The Balaban J connectivity index is 2.54. The summed E-state index contributed by atoms with van der Waals surface area (Å²) in [6, 6.07) is 0. The molecule has 2 unspecified atom stereocenters. The van der Waals surface area contributed by atoms with E-state index in [0.717, 1.165) is 57.8 Å². The predicted octanol–water partition coefficient (Wildman–Crippen LogP) is 6.83. The topological polar surface area (TPSA) is 186 Å². The zero-order valence-electron chi connectivity index (χ0n) is 32.1. The molecule has 6 atom stereocenters. The number of allylic oxidation sites excluding steroid dienone is 8. The van der Waals surface area contributed by atoms with Gasteiger partial charge in [0.25, 0.3) is 10.1 Å². The number of unbranched alkanes of at least 4 members (excludes halogenated alkanes) is 14. The number of carbonyl (C=O) groups excluding carboxylic acids is 2. The summed E-state index contributed by atoms with van der Waals surface area (Å²) in [5.41, 5.74) is 0. The second kappa shape index (κ2) is 30.9. The predicted molar refractivity (Wildman–Crippen MR) is 206 cm³/mol. The van der Waals surface area contributed by atoms with Crippen molar-refractivity contribution in [3.63, 3.8) is 0 Å². The molecule has 0 aromatic heterocycles. The van der Waals surface area contributed by atoms with E-state index >= 15 is 0 Å². The summed E-state index contributed by atoms with van der Waals surface area (Å²) in [4.78, 5) is 25.2. The summed E-state index contributed by atoms with van der Waals surface area (Å²) in [6.07, 6.45) is 24.6. The van der Waals surface area contributed by atoms with Crippen molar-refractivity contribution in [2.75, 3.05) is 19.0 Å². The van der Waals surface area contributed by atoms with E-state index in [0.29, 0.717) is 12.8 Å². The van der Waals surface area contributed by atoms with Gasteiger partial charge in [-0.15, -0.1) is 0 Å². The lowest BCUT2D eigenvalue weighted by Crippen LogP contribution is -2.60. The number of aliphatic hydroxyl groups is 3. The van der Waals surface area contributed by atoms with E-state index < -0.39 is 71.2 Å². The average molecular weight is 773 g/mol. The first-order chi connectivity index (χ1) is 25.5. The molecule has 0 bridgehead atoms. The van der Waals surface area contributed by atoms with Gasteiger partial charge in [0, 0.05) is 12.8 Å². The molecular formula is C40H68O12S. The molecule has 1 rings (SSSR count). The van der Waals surface area contributed by atoms with E-state index in [1.807, 2.05) is 36.5 Å². The van der Waals surface area contributed by atoms with E-state index in [-0.39, 0.29) is 19.4 Å². The highest BCUT2D eigenvalue weighted by atomic mass is 32.2. The quantitative estimate of drug-likeness (QED) is 0.0250. The van der Waals surface area contributed by atoms with Crippen molar-refractivity contribution in [3.05, 3.63) is 48.6 Å². The molecule has 1 saturated heterocycles. The van der Waals surface area contributed by atoms with Crippen LogP contribution in [0, 0.1) is 0 Å². The molecule has 0 saturated carbocycles. The number of rotatable bonds is 31. The van der Waals surface area contributed by atoms with Gasteiger partial charge in [0.05, 0.1) is 6.61 Å². The van der Waals surface area contributed by atoms with Gasteiger partial charge in [0.1, 0.15) is 36.8 Å². The molecule has 13 heteroatoms. The molecule has 0 aromatic carbocycles. The van der Waals surface area contributed by atoms with Crippen LogP contribution in [-0.2, 0) is 38.7 Å². The highest BCUT2D eigenvalue weighted by Crippen LogP contribution is 2.24. The van der Waals surface area contributed by atoms with Gasteiger partial charge in [0.2, 0.25) is 0 Å². The van der Waals surface area contributed by atoms with E-state index in [2.05, 4.69) is 26.0 Å². The first-order valence-corrected chi connectivity index (χ1v) is 21.4. The van der Waals surface area contributed by atoms with Crippen LogP contribution in [-0.4, -0.2) is 96.0 Å². The summed E-state index contributed by atoms with van der Waals surface area (Å²) < 4.78 is 53.8. The van der Waals surface area contributed by atoms with Crippen LogP contribution in [0.1, 0.15) is 136 Å². The van der Waals surface area contributed by atoms with Crippen LogP contribution in [0.2, 0.25) is 0 Å². The molecule has 1 heterocycles. The highest BCUT2D eigenvalue weighted by Gasteiger charge is 2.46. The van der Waals surface area contributed by atoms with Crippen molar-refractivity contribution in [2.45, 2.75) is 173 Å². The van der Waals surface area contributed by atoms with Gasteiger partial charge in [-0.3, -0.25) is 14.1 Å². The summed E-state index contributed by atoms with van der Waals surface area (Å²) in [5.74, 6) is -2.02. The maximum absolute atomic E-state index is 12.7. The molecule has 1 fully saturated rings. The van der Waals surface area contributed by atoms with Crippen molar-refractivity contribution in [2.24, 2.45) is 0 Å². The molecular weight excluding hydrogens is 704 g/mol. The van der Waals surface area contributed by atoms with E-state index in [1.165, 1.54) is 38.5 Å². The van der Waals surface area contributed by atoms with Crippen LogP contribution in [0.25, 0.3) is 0 Å². The van der Waals surface area contributed by atoms with Gasteiger partial charge in [-0.25, -0.2) is 0 Å². The van der Waals surface area contributed by atoms with Crippen LogP contribution in [0.4, 0.5) is 0 Å². The largest absolute Gasteiger partial charge is 0.462 e. The third-order valence-corrected chi connectivity index (χ3v) is 9.52. The van der Waals surface area contributed by atoms with Crippen molar-refractivity contribution in [3.8, 4) is 0 Å². The van der Waals surface area contributed by atoms with Crippen LogP contribution in [0.3, 0.4) is 0 Å². The normalized spacial score (nSPS) is 21.7. The fourth-order valence-electron chi connectivity index (χ4n) is 5.69. The third kappa shape index (κ3) is 26.1. The molecule has 306 valence electrons. The maximum Gasteiger partial charge on any atom is 0.306 e. The summed E-state index contributed by atoms with van der Waals surface area (Å²) in [6.45, 7) is 3.55. The van der Waals surface area contributed by atoms with E-state index in [1.54, 1.807) is 0 Å². The van der Waals surface area contributed by atoms with Gasteiger partial charge in [-0.1, -0.05) is 140 Å². The second-order valence-corrected chi connectivity index (χ2v) is 15.2. The summed E-state index contributed by atoms with van der Waals surface area (Å²) in [7, 11) is -4.60. The number of hydrogen-bond acceptors (Lipinski definition) is 11. The number of hydrogen-bond donors (Lipinski definition) is 4. The molecule has 0 spiro atoms. The second-order valence-electron chi connectivity index (χ2n) is 13.7. The Bertz CT molecular complexity index is 1180. The first-order valence-electron chi connectivity index (χ1n) is 19.7. The number of aliphatic hydroxyl groups excluding tert-OH is 3. The van der Waals surface area contributed by atoms with Gasteiger partial charge >= 0.3 is 11.9 Å². The van der Waals surface area contributed by atoms with Crippen molar-refractivity contribution >= 4 is 22.1 Å². The fraction of sp³-hybridized carbons (Fsp3) is 0.750. The Hall–Kier alpha value is -2.39. The minimum absolute atomic E-state index is 0.138. The molecule has 4 N–H and O–H groups in total. The molecule has 0 aliphatic carbocycles. The fourth-order valence-corrected chi connectivity index (χ4v) is 6.38. The van der Waals surface area contributed by atoms with Gasteiger partial charge in [0.15, 0.2) is 12.4 Å². The Morgan fingerprint density at radius 1 is 0.660 bits per heavy atom. The zero-order valence-corrected chi connectivity index (χ0v) is 32.9. The lowest BCUT2D eigenvalue weighted by atomic mass is 10.00. The highest BCUT2D eigenvalue weighted by molar-refractivity contribution is 7.85. The maximum atomic E-state index is 12.7. The van der Waals surface area contributed by atoms with Crippen LogP contribution in [0.15, 0.2) is 48.6 Å². The standard InChI is InChI=1S/C40H68O12S/c1-3-5-7-9-11-13-15-16-17-18-19-21-23-25-27-29-36(42)51-33(30-49-35(41)28-26-24-22-20-14-12-10-8-6-4-2)31-50-40-39(45)38(44)37(43)34(52-40)32-53(46,47)48/h5,7,9,11,13,15-17,33-34,37-40,43-45H,3-4,6,8,10,12,14,18-32H2,1-2H3,(H,46,47,48)/b7-5+,11-9+,15-13+,17-16+/t33-,34-,37-,38?,39?,40+/m1/s1. The molecule has 1 aliphatic heterocycles. The third-order valence-electron chi connectivity index (χ3n) is 8.77. The van der Waals surface area contributed by atoms with Crippen LogP contribution >= 0.6 is 0 Å². The SMILES string of the molecule is CC/C=C/C=C/C=C/C=C/CCCCCCCC(=O)O[C@H](COC(=O)CCCCCCCCCCCC)CO[C@H]1O[C@H](CS(=O)(=O)O)[C@@H](O)C(O)C1O. The molecule has 0 aromatic rings. The number of carbonyl (C=O) groups is 2. The lowest BCUT2D eigenvalue weighted by Gasteiger charge is -2.40. The Kier molecular flexibility index (Phi) is 28.3. The van der Waals surface area contributed by atoms with Gasteiger partial charge in [-0.2, -0.15) is 8.42 Å². The monoisotopic (exact) mass is 772 g/mol. The Morgan fingerprint density at radius 3 is 1.77 bits per heavy atom. The molecule has 0 amide bonds. The van der Waals surface area contributed by atoms with Crippen molar-refractivity contribution in [1.82, 2.24) is 0 Å². The smallest absolute Gasteiger partial charge is 0.306 e. The molecule has 53 heavy (non-hydrogen) atoms. The van der Waals surface area contributed by atoms with E-state index in [9.17, 15) is 37.9 Å². The van der Waals surface area contributed by atoms with Crippen LogP contribution < -0.4 is 0 Å². The van der Waals surface area contributed by atoms with E-state index in [4.69, 9.17) is 18.9 Å². The zero-order chi connectivity index (χ0) is 39.2. The lowest BCUT2D eigenvalue weighted by molar-refractivity contribution is -0.297.